The summed E-state index contributed by atoms with van der Waals surface area (Å²) in [6.07, 6.45) is 6.20. The average molecular weight is 457 g/mol. The molecule has 0 N–H and O–H groups in total. The van der Waals surface area contributed by atoms with E-state index in [1.54, 1.807) is 4.68 Å². The monoisotopic (exact) mass is 456 g/mol. The molecular weight excluding hydrogens is 431 g/mol. The van der Waals surface area contributed by atoms with Crippen LogP contribution in [0.1, 0.15) is 22.6 Å². The topological polar surface area (TPSA) is 50.1 Å². The zero-order valence-electron chi connectivity index (χ0n) is 18.0. The van der Waals surface area contributed by atoms with Crippen molar-refractivity contribution in [2.24, 2.45) is 0 Å². The van der Waals surface area contributed by atoms with Crippen molar-refractivity contribution in [3.8, 4) is 5.95 Å². The number of piperazine rings is 1. The normalized spacial score (nSPS) is 15.2. The third-order valence-electron chi connectivity index (χ3n) is 5.51. The van der Waals surface area contributed by atoms with Crippen LogP contribution in [-0.2, 0) is 0 Å². The number of rotatable bonds is 5. The van der Waals surface area contributed by atoms with Crippen LogP contribution in [0, 0.1) is 20.8 Å². The molecule has 1 aliphatic heterocycles. The molecule has 6 nitrogen and oxygen atoms in total. The lowest BCUT2D eigenvalue weighted by Crippen LogP contribution is -2.46. The van der Waals surface area contributed by atoms with Crippen LogP contribution in [0.5, 0.6) is 0 Å². The number of aromatic nitrogens is 4. The van der Waals surface area contributed by atoms with E-state index in [1.807, 2.05) is 51.2 Å². The number of hydrogen-bond acceptors (Lipinski definition) is 5. The summed E-state index contributed by atoms with van der Waals surface area (Å²) in [5.74, 6) is 0.619. The van der Waals surface area contributed by atoms with Gasteiger partial charge in [-0.15, -0.1) is 0 Å². The third-order valence-corrected chi connectivity index (χ3v) is 6.25. The zero-order chi connectivity index (χ0) is 22.0. The maximum Gasteiger partial charge on any atom is 0.251 e. The Balaban J connectivity index is 1.34. The minimum absolute atomic E-state index is 0.594. The van der Waals surface area contributed by atoms with Crippen LogP contribution in [0.4, 0.5) is 5.69 Å². The second-order valence-corrected chi connectivity index (χ2v) is 8.65. The molecule has 1 saturated heterocycles. The molecule has 2 aromatic heterocycles. The van der Waals surface area contributed by atoms with Gasteiger partial charge >= 0.3 is 0 Å². The van der Waals surface area contributed by atoms with Gasteiger partial charge < -0.3 is 4.90 Å². The van der Waals surface area contributed by atoms with Crippen LogP contribution in [0.25, 0.3) is 12.0 Å². The van der Waals surface area contributed by atoms with Gasteiger partial charge in [0, 0.05) is 55.4 Å². The molecule has 0 bridgehead atoms. The molecule has 1 fully saturated rings. The smallest absolute Gasteiger partial charge is 0.251 e. The van der Waals surface area contributed by atoms with E-state index in [1.165, 1.54) is 0 Å². The fourth-order valence-corrected chi connectivity index (χ4v) is 4.08. The highest BCUT2D eigenvalue weighted by Gasteiger charge is 2.17. The molecule has 0 unspecified atom stereocenters. The van der Waals surface area contributed by atoms with Crippen molar-refractivity contribution in [3.05, 3.63) is 69.2 Å². The van der Waals surface area contributed by atoms with Crippen molar-refractivity contribution in [1.82, 2.24) is 24.6 Å². The van der Waals surface area contributed by atoms with Crippen molar-refractivity contribution in [2.45, 2.75) is 20.8 Å². The predicted octanol–water partition coefficient (Wildman–Crippen LogP) is 4.73. The van der Waals surface area contributed by atoms with Gasteiger partial charge in [0.2, 0.25) is 0 Å². The van der Waals surface area contributed by atoms with Crippen LogP contribution < -0.4 is 4.90 Å². The molecule has 0 atom stereocenters. The molecule has 1 aromatic carbocycles. The molecule has 3 aromatic rings. The Hall–Kier alpha value is -2.41. The van der Waals surface area contributed by atoms with E-state index in [9.17, 15) is 0 Å². The minimum Gasteiger partial charge on any atom is -0.369 e. The molecule has 0 spiro atoms. The SMILES string of the molecule is Cc1cc(C)nc(-n2ncc(/C=C/CN3CCN(c4ccc(Cl)c(Cl)c4)CC3)c2C)n1. The highest BCUT2D eigenvalue weighted by molar-refractivity contribution is 6.42. The Morgan fingerprint density at radius 1 is 0.935 bits per heavy atom. The van der Waals surface area contributed by atoms with E-state index < -0.39 is 0 Å². The maximum absolute atomic E-state index is 6.16. The molecule has 0 amide bonds. The summed E-state index contributed by atoms with van der Waals surface area (Å²) in [7, 11) is 0. The number of nitrogens with zero attached hydrogens (tertiary/aromatic N) is 6. The summed E-state index contributed by atoms with van der Waals surface area (Å²) >= 11 is 12.2. The van der Waals surface area contributed by atoms with Crippen LogP contribution >= 0.6 is 23.2 Å². The van der Waals surface area contributed by atoms with E-state index in [0.29, 0.717) is 16.0 Å². The summed E-state index contributed by atoms with van der Waals surface area (Å²) < 4.78 is 1.80. The quantitative estimate of drug-likeness (QED) is 0.555. The largest absolute Gasteiger partial charge is 0.369 e. The molecule has 3 heterocycles. The predicted molar refractivity (Wildman–Crippen MR) is 128 cm³/mol. The van der Waals surface area contributed by atoms with E-state index in [2.05, 4.69) is 37.0 Å². The van der Waals surface area contributed by atoms with E-state index in [0.717, 1.165) is 61.1 Å². The molecule has 4 rings (SSSR count). The Morgan fingerprint density at radius 3 is 2.32 bits per heavy atom. The molecule has 162 valence electrons. The fourth-order valence-electron chi connectivity index (χ4n) is 3.79. The molecule has 1 aliphatic rings. The van der Waals surface area contributed by atoms with Crippen LogP contribution in [0.3, 0.4) is 0 Å². The van der Waals surface area contributed by atoms with Gasteiger partial charge in [-0.2, -0.15) is 5.10 Å². The highest BCUT2D eigenvalue weighted by Crippen LogP contribution is 2.27. The van der Waals surface area contributed by atoms with Gasteiger partial charge in [-0.1, -0.05) is 35.4 Å². The van der Waals surface area contributed by atoms with Gasteiger partial charge in [0.05, 0.1) is 21.9 Å². The summed E-state index contributed by atoms with van der Waals surface area (Å²) in [6, 6.07) is 7.80. The second-order valence-electron chi connectivity index (χ2n) is 7.84. The van der Waals surface area contributed by atoms with Gasteiger partial charge in [-0.25, -0.2) is 14.6 Å². The third kappa shape index (κ3) is 5.09. The average Bonchev–Trinajstić information content (AvgIpc) is 3.10. The van der Waals surface area contributed by atoms with Gasteiger partial charge in [-0.3, -0.25) is 4.90 Å². The molecule has 31 heavy (non-hydrogen) atoms. The summed E-state index contributed by atoms with van der Waals surface area (Å²) in [5.41, 5.74) is 5.12. The van der Waals surface area contributed by atoms with Crippen molar-refractivity contribution in [3.63, 3.8) is 0 Å². The number of benzene rings is 1. The fraction of sp³-hybridized carbons (Fsp3) is 0.348. The minimum atomic E-state index is 0.594. The van der Waals surface area contributed by atoms with E-state index >= 15 is 0 Å². The Morgan fingerprint density at radius 2 is 1.65 bits per heavy atom. The van der Waals surface area contributed by atoms with Crippen LogP contribution in [-0.4, -0.2) is 57.4 Å². The Bertz CT molecular complexity index is 1080. The van der Waals surface area contributed by atoms with E-state index in [4.69, 9.17) is 23.2 Å². The Labute approximate surface area is 193 Å². The van der Waals surface area contributed by atoms with E-state index in [-0.39, 0.29) is 0 Å². The standard InChI is InChI=1S/C23H26Cl2N6/c1-16-13-17(2)28-23(27-16)31-18(3)19(15-26-31)5-4-8-29-9-11-30(12-10-29)20-6-7-21(24)22(25)14-20/h4-7,13-15H,8-12H2,1-3H3/b5-4+. The van der Waals surface area contributed by atoms with Crippen molar-refractivity contribution in [2.75, 3.05) is 37.6 Å². The van der Waals surface area contributed by atoms with Crippen LogP contribution in [0.2, 0.25) is 10.0 Å². The lowest BCUT2D eigenvalue weighted by Gasteiger charge is -2.35. The van der Waals surface area contributed by atoms with Crippen molar-refractivity contribution < 1.29 is 0 Å². The molecule has 0 radical (unpaired) electrons. The number of halogens is 2. The van der Waals surface area contributed by atoms with Crippen molar-refractivity contribution >= 4 is 35.0 Å². The number of hydrogen-bond donors (Lipinski definition) is 0. The lowest BCUT2D eigenvalue weighted by atomic mass is 10.2. The summed E-state index contributed by atoms with van der Waals surface area (Å²) in [6.45, 7) is 10.8. The molecule has 8 heteroatoms. The first-order chi connectivity index (χ1) is 14.9. The lowest BCUT2D eigenvalue weighted by molar-refractivity contribution is 0.284. The Kier molecular flexibility index (Phi) is 6.60. The zero-order valence-corrected chi connectivity index (χ0v) is 19.5. The highest BCUT2D eigenvalue weighted by atomic mass is 35.5. The first kappa shape index (κ1) is 21.8. The first-order valence-corrected chi connectivity index (χ1v) is 11.1. The number of anilines is 1. The second kappa shape index (κ2) is 9.39. The summed E-state index contributed by atoms with van der Waals surface area (Å²) in [5, 5.41) is 5.69. The van der Waals surface area contributed by atoms with Crippen molar-refractivity contribution in [1.29, 1.82) is 0 Å². The summed E-state index contributed by atoms with van der Waals surface area (Å²) in [4.78, 5) is 13.8. The first-order valence-electron chi connectivity index (χ1n) is 10.4. The number of aryl methyl sites for hydroxylation is 2. The van der Waals surface area contributed by atoms with Gasteiger partial charge in [0.15, 0.2) is 0 Å². The van der Waals surface area contributed by atoms with Gasteiger partial charge in [0.25, 0.3) is 5.95 Å². The molecular formula is C23H26Cl2N6. The van der Waals surface area contributed by atoms with Crippen LogP contribution in [0.15, 0.2) is 36.5 Å². The molecule has 0 aliphatic carbocycles. The molecule has 0 saturated carbocycles. The van der Waals surface area contributed by atoms with Gasteiger partial charge in [-0.05, 0) is 45.0 Å². The maximum atomic E-state index is 6.16. The van der Waals surface area contributed by atoms with Gasteiger partial charge in [0.1, 0.15) is 0 Å².